The Hall–Kier alpha value is -2.72. The van der Waals surface area contributed by atoms with Gasteiger partial charge in [-0.3, -0.25) is 9.59 Å². The third-order valence-corrected chi connectivity index (χ3v) is 7.21. The van der Waals surface area contributed by atoms with Gasteiger partial charge in [0.15, 0.2) is 0 Å². The minimum atomic E-state index is -1.36. The summed E-state index contributed by atoms with van der Waals surface area (Å²) in [5.74, 6) is -3.58. The van der Waals surface area contributed by atoms with Crippen LogP contribution >= 0.6 is 22.7 Å². The third kappa shape index (κ3) is 5.71. The smallest absolute Gasteiger partial charge is 0.225 e. The van der Waals surface area contributed by atoms with Crippen molar-refractivity contribution >= 4 is 56.4 Å². The van der Waals surface area contributed by atoms with E-state index in [-0.39, 0.29) is 34.0 Å². The Morgan fingerprint density at radius 1 is 0.742 bits per heavy atom. The van der Waals surface area contributed by atoms with Gasteiger partial charge in [0.2, 0.25) is 11.8 Å². The van der Waals surface area contributed by atoms with Gasteiger partial charge in [-0.05, 0) is 44.2 Å². The molecule has 0 atom stereocenters. The first-order valence-corrected chi connectivity index (χ1v) is 11.1. The van der Waals surface area contributed by atoms with Crippen LogP contribution in [0.25, 0.3) is 0 Å². The van der Waals surface area contributed by atoms with E-state index in [9.17, 15) is 29.4 Å². The molecule has 2 N–H and O–H groups in total. The number of carbonyl (C=O) groups excluding carboxylic acids is 4. The van der Waals surface area contributed by atoms with Gasteiger partial charge in [-0.1, -0.05) is 13.8 Å². The number of aromatic carboxylic acids is 2. The normalized spacial score (nSPS) is 11.3. The van der Waals surface area contributed by atoms with E-state index in [4.69, 9.17) is 0 Å². The van der Waals surface area contributed by atoms with E-state index >= 15 is 0 Å². The molecule has 2 aromatic rings. The predicted molar refractivity (Wildman–Crippen MR) is 117 cm³/mol. The molecule has 0 aliphatic carbocycles. The summed E-state index contributed by atoms with van der Waals surface area (Å²) in [5, 5.41) is 28.4. The highest BCUT2D eigenvalue weighted by Gasteiger charge is 2.27. The van der Waals surface area contributed by atoms with Crippen LogP contribution in [0.2, 0.25) is 0 Å². The Balaban J connectivity index is 2.07. The van der Waals surface area contributed by atoms with E-state index in [0.29, 0.717) is 11.1 Å². The van der Waals surface area contributed by atoms with Crippen molar-refractivity contribution in [2.45, 2.75) is 54.4 Å². The molecule has 0 spiro atoms. The Labute approximate surface area is 188 Å². The van der Waals surface area contributed by atoms with Crippen LogP contribution in [0.4, 0.5) is 10.0 Å². The van der Waals surface area contributed by atoms with Crippen molar-refractivity contribution in [1.29, 1.82) is 0 Å². The molecule has 0 aliphatic rings. The zero-order valence-corrected chi connectivity index (χ0v) is 19.8. The molecule has 31 heavy (non-hydrogen) atoms. The lowest BCUT2D eigenvalue weighted by Crippen LogP contribution is -2.29. The topological polar surface area (TPSA) is 138 Å². The van der Waals surface area contributed by atoms with E-state index in [1.165, 1.54) is 0 Å². The van der Waals surface area contributed by atoms with E-state index < -0.39 is 29.2 Å². The minimum absolute atomic E-state index is 0.0374. The van der Waals surface area contributed by atoms with Crippen molar-refractivity contribution in [1.82, 2.24) is 0 Å². The number of hydrogen-bond acceptors (Lipinski definition) is 8. The number of amides is 2. The van der Waals surface area contributed by atoms with Gasteiger partial charge in [-0.2, -0.15) is 0 Å². The van der Waals surface area contributed by atoms with Crippen LogP contribution in [0, 0.1) is 33.1 Å². The first kappa shape index (κ1) is 24.5. The maximum Gasteiger partial charge on any atom is 0.225 e. The van der Waals surface area contributed by atoms with Crippen LogP contribution < -0.4 is 20.8 Å². The molecule has 8 nitrogen and oxygen atoms in total. The molecule has 2 rings (SSSR count). The fraction of sp³-hybridized carbons (Fsp3) is 0.429. The Kier molecular flexibility index (Phi) is 7.28. The number of rotatable bonds is 8. The number of thiophene rings is 2. The van der Waals surface area contributed by atoms with Gasteiger partial charge in [0.25, 0.3) is 0 Å². The van der Waals surface area contributed by atoms with Gasteiger partial charge in [-0.25, -0.2) is 0 Å². The fourth-order valence-corrected chi connectivity index (χ4v) is 5.32. The van der Waals surface area contributed by atoms with Gasteiger partial charge in [0.1, 0.15) is 10.0 Å². The minimum Gasteiger partial charge on any atom is -0.545 e. The summed E-state index contributed by atoms with van der Waals surface area (Å²) in [6, 6.07) is 0. The average molecular weight is 465 g/mol. The molecule has 2 aromatic heterocycles. The second-order valence-corrected chi connectivity index (χ2v) is 10.6. The summed E-state index contributed by atoms with van der Waals surface area (Å²) >= 11 is 2.31. The standard InChI is InChI=1S/C21H26N2O6S2/c1-9-11(3)30-17(15(9)19(26)27)22-13(24)7-21(5,6)8-14(25)23-18-16(20(28)29)10(2)12(4)31-18/h7-8H2,1-6H3,(H,22,24)(H,23,25)(H,26,27)(H,28,29)/p-2. The van der Waals surface area contributed by atoms with Crippen molar-refractivity contribution in [2.75, 3.05) is 10.6 Å². The highest BCUT2D eigenvalue weighted by molar-refractivity contribution is 7.17. The van der Waals surface area contributed by atoms with E-state index in [2.05, 4.69) is 10.6 Å². The van der Waals surface area contributed by atoms with Crippen LogP contribution in [0.15, 0.2) is 0 Å². The lowest BCUT2D eigenvalue weighted by Gasteiger charge is -2.23. The van der Waals surface area contributed by atoms with Gasteiger partial charge < -0.3 is 30.4 Å². The molecular weight excluding hydrogens is 440 g/mol. The Morgan fingerprint density at radius 2 is 1.06 bits per heavy atom. The van der Waals surface area contributed by atoms with Gasteiger partial charge >= 0.3 is 0 Å². The maximum absolute atomic E-state index is 12.5. The van der Waals surface area contributed by atoms with Crippen molar-refractivity contribution in [3.63, 3.8) is 0 Å². The van der Waals surface area contributed by atoms with E-state index in [1.807, 2.05) is 0 Å². The molecule has 0 fully saturated rings. The number of carboxylic acids is 2. The fourth-order valence-electron chi connectivity index (χ4n) is 3.20. The maximum atomic E-state index is 12.5. The number of nitrogens with one attached hydrogen (secondary N) is 2. The molecule has 0 radical (unpaired) electrons. The summed E-state index contributed by atoms with van der Waals surface area (Å²) in [5.41, 5.74) is 0.253. The van der Waals surface area contributed by atoms with E-state index in [0.717, 1.165) is 32.4 Å². The monoisotopic (exact) mass is 464 g/mol. The average Bonchev–Trinajstić information content (AvgIpc) is 3.01. The van der Waals surface area contributed by atoms with Crippen molar-refractivity contribution in [2.24, 2.45) is 5.41 Å². The summed E-state index contributed by atoms with van der Waals surface area (Å²) < 4.78 is 0. The van der Waals surface area contributed by atoms with Crippen molar-refractivity contribution < 1.29 is 29.4 Å². The highest BCUT2D eigenvalue weighted by Crippen LogP contribution is 2.35. The Bertz CT molecular complexity index is 982. The number of carbonyl (C=O) groups is 4. The summed E-state index contributed by atoms with van der Waals surface area (Å²) in [7, 11) is 0. The molecule has 0 unspecified atom stereocenters. The number of carboxylic acid groups (broad SMARTS) is 2. The van der Waals surface area contributed by atoms with Crippen molar-refractivity contribution in [3.8, 4) is 0 Å². The molecule has 10 heteroatoms. The molecular formula is C21H24N2O6S2-2. The summed E-state index contributed by atoms with van der Waals surface area (Å²) in [4.78, 5) is 49.3. The van der Waals surface area contributed by atoms with Crippen LogP contribution in [-0.2, 0) is 9.59 Å². The second-order valence-electron chi connectivity index (χ2n) is 8.16. The summed E-state index contributed by atoms with van der Waals surface area (Å²) in [6.45, 7) is 10.3. The molecule has 0 aliphatic heterocycles. The second kappa shape index (κ2) is 9.19. The molecule has 0 saturated heterocycles. The number of anilines is 2. The SMILES string of the molecule is Cc1sc(NC(=O)CC(C)(C)CC(=O)Nc2sc(C)c(C)c2C(=O)[O-])c(C(=O)[O-])c1C. The first-order chi connectivity index (χ1) is 14.2. The van der Waals surface area contributed by atoms with Crippen LogP contribution in [-0.4, -0.2) is 23.8 Å². The summed E-state index contributed by atoms with van der Waals surface area (Å²) in [6.07, 6.45) is -0.0858. The quantitative estimate of drug-likeness (QED) is 0.614. The molecule has 0 bridgehead atoms. The molecule has 2 amide bonds. The predicted octanol–water partition coefficient (Wildman–Crippen LogP) is 2.15. The van der Waals surface area contributed by atoms with Gasteiger partial charge in [0, 0.05) is 33.7 Å². The first-order valence-electron chi connectivity index (χ1n) is 9.46. The largest absolute Gasteiger partial charge is 0.545 e. The number of hydrogen-bond donors (Lipinski definition) is 2. The lowest BCUT2D eigenvalue weighted by molar-refractivity contribution is -0.256. The molecule has 0 aromatic carbocycles. The third-order valence-electron chi connectivity index (χ3n) is 4.96. The molecule has 0 saturated carbocycles. The van der Waals surface area contributed by atoms with Gasteiger partial charge in [0.05, 0.1) is 11.9 Å². The van der Waals surface area contributed by atoms with Crippen LogP contribution in [0.5, 0.6) is 0 Å². The lowest BCUT2D eigenvalue weighted by atomic mass is 9.85. The zero-order valence-electron chi connectivity index (χ0n) is 18.2. The van der Waals surface area contributed by atoms with Crippen LogP contribution in [0.1, 0.15) is 68.3 Å². The zero-order chi connectivity index (χ0) is 23.7. The number of aryl methyl sites for hydroxylation is 2. The molecule has 2 heterocycles. The highest BCUT2D eigenvalue weighted by atomic mass is 32.1. The van der Waals surface area contributed by atoms with E-state index in [1.54, 1.807) is 41.5 Å². The van der Waals surface area contributed by atoms with Crippen molar-refractivity contribution in [3.05, 3.63) is 32.0 Å². The Morgan fingerprint density at radius 3 is 1.35 bits per heavy atom. The van der Waals surface area contributed by atoms with Crippen LogP contribution in [0.3, 0.4) is 0 Å². The van der Waals surface area contributed by atoms with Gasteiger partial charge in [-0.15, -0.1) is 22.7 Å². The molecule has 168 valence electrons.